The van der Waals surface area contributed by atoms with Gasteiger partial charge in [-0.3, -0.25) is 9.36 Å². The molecule has 1 fully saturated rings. The number of halogens is 2. The van der Waals surface area contributed by atoms with Gasteiger partial charge in [0.1, 0.15) is 5.02 Å². The molecule has 6 heteroatoms. The Balaban J connectivity index is 2.15. The summed E-state index contributed by atoms with van der Waals surface area (Å²) < 4.78 is 6.99. The van der Waals surface area contributed by atoms with Crippen LogP contribution in [0.1, 0.15) is 19.3 Å². The van der Waals surface area contributed by atoms with E-state index in [0.29, 0.717) is 6.54 Å². The summed E-state index contributed by atoms with van der Waals surface area (Å²) in [4.78, 5) is 15.6. The summed E-state index contributed by atoms with van der Waals surface area (Å²) in [5, 5.41) is 0.0208. The highest BCUT2D eigenvalue weighted by atomic mass is 35.5. The lowest BCUT2D eigenvalue weighted by Crippen LogP contribution is -2.30. The number of rotatable bonds is 2. The van der Waals surface area contributed by atoms with Crippen molar-refractivity contribution in [3.63, 3.8) is 0 Å². The van der Waals surface area contributed by atoms with E-state index in [4.69, 9.17) is 27.9 Å². The van der Waals surface area contributed by atoms with Crippen molar-refractivity contribution >= 4 is 23.2 Å². The minimum Gasteiger partial charge on any atom is -0.376 e. The molecule has 88 valence electrons. The van der Waals surface area contributed by atoms with Crippen molar-refractivity contribution in [3.05, 3.63) is 26.9 Å². The van der Waals surface area contributed by atoms with Gasteiger partial charge >= 0.3 is 0 Å². The first-order valence-electron chi connectivity index (χ1n) is 5.20. The Kier molecular flexibility index (Phi) is 3.84. The van der Waals surface area contributed by atoms with Crippen LogP contribution < -0.4 is 5.56 Å². The van der Waals surface area contributed by atoms with Gasteiger partial charge in [-0.05, 0) is 19.3 Å². The molecule has 1 aromatic rings. The fourth-order valence-electron chi connectivity index (χ4n) is 1.74. The van der Waals surface area contributed by atoms with Crippen molar-refractivity contribution in [2.45, 2.75) is 31.9 Å². The topological polar surface area (TPSA) is 44.1 Å². The first-order chi connectivity index (χ1) is 7.68. The first kappa shape index (κ1) is 11.9. The molecule has 0 aliphatic carbocycles. The van der Waals surface area contributed by atoms with Crippen molar-refractivity contribution in [1.29, 1.82) is 0 Å². The third kappa shape index (κ3) is 2.56. The first-order valence-corrected chi connectivity index (χ1v) is 5.96. The molecule has 1 aromatic heterocycles. The Morgan fingerprint density at radius 3 is 3.00 bits per heavy atom. The van der Waals surface area contributed by atoms with Crippen LogP contribution in [0.3, 0.4) is 0 Å². The van der Waals surface area contributed by atoms with Crippen molar-refractivity contribution < 1.29 is 4.74 Å². The maximum atomic E-state index is 11.7. The van der Waals surface area contributed by atoms with E-state index in [-0.39, 0.29) is 21.8 Å². The van der Waals surface area contributed by atoms with Gasteiger partial charge in [-0.15, -0.1) is 0 Å². The Labute approximate surface area is 103 Å². The Bertz CT molecular complexity index is 427. The number of ether oxygens (including phenoxy) is 1. The Morgan fingerprint density at radius 2 is 2.31 bits per heavy atom. The largest absolute Gasteiger partial charge is 0.376 e. The lowest BCUT2D eigenvalue weighted by atomic mass is 10.1. The molecule has 16 heavy (non-hydrogen) atoms. The zero-order valence-corrected chi connectivity index (χ0v) is 10.2. The average Bonchev–Trinajstić information content (AvgIpc) is 2.31. The van der Waals surface area contributed by atoms with Crippen molar-refractivity contribution in [2.24, 2.45) is 0 Å². The number of hydrogen-bond acceptors (Lipinski definition) is 3. The van der Waals surface area contributed by atoms with E-state index >= 15 is 0 Å². The predicted molar refractivity (Wildman–Crippen MR) is 62.1 cm³/mol. The van der Waals surface area contributed by atoms with Crippen LogP contribution in [0, 0.1) is 0 Å². The van der Waals surface area contributed by atoms with Crippen molar-refractivity contribution in [2.75, 3.05) is 6.61 Å². The standard InChI is InChI=1S/C10H12Cl2N2O2/c11-8-9(12)13-6-14(10(8)15)5-7-3-1-2-4-16-7/h6-7H,1-5H2. The van der Waals surface area contributed by atoms with Crippen molar-refractivity contribution in [3.8, 4) is 0 Å². The smallest absolute Gasteiger partial charge is 0.273 e. The van der Waals surface area contributed by atoms with Gasteiger partial charge < -0.3 is 4.74 Å². The lowest BCUT2D eigenvalue weighted by molar-refractivity contribution is 0.00526. The molecule has 0 saturated carbocycles. The van der Waals surface area contributed by atoms with E-state index in [2.05, 4.69) is 4.98 Å². The van der Waals surface area contributed by atoms with Crippen LogP contribution in [0.25, 0.3) is 0 Å². The molecule has 2 heterocycles. The van der Waals surface area contributed by atoms with Gasteiger partial charge in [-0.2, -0.15) is 0 Å². The molecule has 1 saturated heterocycles. The molecule has 1 atom stereocenters. The van der Waals surface area contributed by atoms with E-state index in [1.807, 2.05) is 0 Å². The molecule has 1 unspecified atom stereocenters. The minimum absolute atomic E-state index is 0.0278. The summed E-state index contributed by atoms with van der Waals surface area (Å²) >= 11 is 11.4. The van der Waals surface area contributed by atoms with Gasteiger partial charge in [0.2, 0.25) is 0 Å². The number of aromatic nitrogens is 2. The molecule has 1 aliphatic rings. The maximum absolute atomic E-state index is 11.7. The van der Waals surface area contributed by atoms with Crippen LogP contribution in [-0.2, 0) is 11.3 Å². The van der Waals surface area contributed by atoms with Gasteiger partial charge in [-0.1, -0.05) is 23.2 Å². The molecule has 0 radical (unpaired) electrons. The molecule has 0 bridgehead atoms. The minimum atomic E-state index is -0.309. The summed E-state index contributed by atoms with van der Waals surface area (Å²) in [6.07, 6.45) is 4.67. The zero-order valence-electron chi connectivity index (χ0n) is 8.66. The van der Waals surface area contributed by atoms with Gasteiger partial charge in [-0.25, -0.2) is 4.98 Å². The van der Waals surface area contributed by atoms with Gasteiger partial charge in [0, 0.05) is 6.61 Å². The van der Waals surface area contributed by atoms with Gasteiger partial charge in [0.15, 0.2) is 5.15 Å². The fourth-order valence-corrected chi connectivity index (χ4v) is 2.03. The molecule has 0 N–H and O–H groups in total. The molecule has 1 aliphatic heterocycles. The molecular weight excluding hydrogens is 251 g/mol. The second kappa shape index (κ2) is 5.17. The van der Waals surface area contributed by atoms with Crippen molar-refractivity contribution in [1.82, 2.24) is 9.55 Å². The Morgan fingerprint density at radius 1 is 1.50 bits per heavy atom. The summed E-state index contributed by atoms with van der Waals surface area (Å²) in [6, 6.07) is 0. The Hall–Kier alpha value is -0.580. The van der Waals surface area contributed by atoms with Gasteiger partial charge in [0.05, 0.1) is 19.0 Å². The fraction of sp³-hybridized carbons (Fsp3) is 0.600. The summed E-state index contributed by atoms with van der Waals surface area (Å²) in [5.41, 5.74) is -0.309. The SMILES string of the molecule is O=c1c(Cl)c(Cl)ncn1CC1CCCCO1. The van der Waals surface area contributed by atoms with E-state index < -0.39 is 0 Å². The van der Waals surface area contributed by atoms with E-state index in [1.165, 1.54) is 10.9 Å². The van der Waals surface area contributed by atoms with E-state index in [9.17, 15) is 4.79 Å². The third-order valence-corrected chi connectivity index (χ3v) is 3.34. The molecule has 4 nitrogen and oxygen atoms in total. The second-order valence-electron chi connectivity index (χ2n) is 3.80. The lowest BCUT2D eigenvalue weighted by Gasteiger charge is -2.23. The average molecular weight is 263 g/mol. The van der Waals surface area contributed by atoms with E-state index in [0.717, 1.165) is 25.9 Å². The highest BCUT2D eigenvalue weighted by Crippen LogP contribution is 2.16. The zero-order chi connectivity index (χ0) is 11.5. The predicted octanol–water partition coefficient (Wildman–Crippen LogP) is 2.12. The van der Waals surface area contributed by atoms with Crippen LogP contribution in [0.4, 0.5) is 0 Å². The van der Waals surface area contributed by atoms with Crippen LogP contribution in [0.5, 0.6) is 0 Å². The van der Waals surface area contributed by atoms with Crippen LogP contribution in [0.15, 0.2) is 11.1 Å². The van der Waals surface area contributed by atoms with Crippen LogP contribution >= 0.6 is 23.2 Å². The molecular formula is C10H12Cl2N2O2. The summed E-state index contributed by atoms with van der Waals surface area (Å²) in [5.74, 6) is 0. The number of hydrogen-bond donors (Lipinski definition) is 0. The van der Waals surface area contributed by atoms with Crippen LogP contribution in [0.2, 0.25) is 10.2 Å². The summed E-state index contributed by atoms with van der Waals surface area (Å²) in [7, 11) is 0. The molecule has 2 rings (SSSR count). The van der Waals surface area contributed by atoms with Gasteiger partial charge in [0.25, 0.3) is 5.56 Å². The quantitative estimate of drug-likeness (QED) is 0.767. The maximum Gasteiger partial charge on any atom is 0.273 e. The second-order valence-corrected chi connectivity index (χ2v) is 4.53. The van der Waals surface area contributed by atoms with E-state index in [1.54, 1.807) is 0 Å². The number of nitrogens with zero attached hydrogens (tertiary/aromatic N) is 2. The summed E-state index contributed by atoms with van der Waals surface area (Å²) in [6.45, 7) is 1.25. The molecule has 0 spiro atoms. The van der Waals surface area contributed by atoms with Crippen LogP contribution in [-0.4, -0.2) is 22.3 Å². The molecule has 0 amide bonds. The monoisotopic (exact) mass is 262 g/mol. The highest BCUT2D eigenvalue weighted by Gasteiger charge is 2.16. The molecule has 0 aromatic carbocycles. The third-order valence-electron chi connectivity index (χ3n) is 2.61. The normalized spacial score (nSPS) is 21.0. The highest BCUT2D eigenvalue weighted by molar-refractivity contribution is 6.40.